The first-order valence-corrected chi connectivity index (χ1v) is 7.13. The van der Waals surface area contributed by atoms with Crippen LogP contribution in [0.2, 0.25) is 0 Å². The van der Waals surface area contributed by atoms with Gasteiger partial charge in [-0.15, -0.1) is 0 Å². The van der Waals surface area contributed by atoms with Crippen molar-refractivity contribution in [2.24, 2.45) is 11.8 Å². The highest BCUT2D eigenvalue weighted by molar-refractivity contribution is 5.74. The number of aromatic amines is 1. The van der Waals surface area contributed by atoms with Crippen LogP contribution in [0.1, 0.15) is 45.2 Å². The van der Waals surface area contributed by atoms with E-state index in [9.17, 15) is 9.59 Å². The molecule has 2 atom stereocenters. The summed E-state index contributed by atoms with van der Waals surface area (Å²) in [4.78, 5) is 22.7. The lowest BCUT2D eigenvalue weighted by Gasteiger charge is -2.19. The van der Waals surface area contributed by atoms with E-state index in [1.54, 1.807) is 12.4 Å². The van der Waals surface area contributed by atoms with Crippen LogP contribution >= 0.6 is 0 Å². The minimum absolute atomic E-state index is 0.0579. The number of carbonyl (C=O) groups is 2. The smallest absolute Gasteiger partial charge is 0.315 e. The van der Waals surface area contributed by atoms with Crippen LogP contribution in [0.5, 0.6) is 0 Å². The molecule has 1 rings (SSSR count). The average molecular weight is 296 g/mol. The Hall–Kier alpha value is -2.05. The van der Waals surface area contributed by atoms with Crippen molar-refractivity contribution in [3.05, 3.63) is 18.0 Å². The highest BCUT2D eigenvalue weighted by Gasteiger charge is 2.17. The highest BCUT2D eigenvalue weighted by Crippen LogP contribution is 2.15. The molecule has 0 bridgehead atoms. The van der Waals surface area contributed by atoms with Gasteiger partial charge in [-0.25, -0.2) is 4.79 Å². The van der Waals surface area contributed by atoms with Gasteiger partial charge in [-0.3, -0.25) is 9.89 Å². The summed E-state index contributed by atoms with van der Waals surface area (Å²) in [5.41, 5.74) is 0.884. The van der Waals surface area contributed by atoms with Crippen molar-refractivity contribution in [3.63, 3.8) is 0 Å². The Morgan fingerprint density at radius 3 is 2.62 bits per heavy atom. The molecule has 118 valence electrons. The molecule has 21 heavy (non-hydrogen) atoms. The van der Waals surface area contributed by atoms with Gasteiger partial charge in [-0.05, 0) is 25.2 Å². The topological polar surface area (TPSA) is 107 Å². The molecule has 1 aromatic heterocycles. The number of carboxylic acids is 1. The summed E-state index contributed by atoms with van der Waals surface area (Å²) in [5, 5.41) is 20.9. The molecule has 2 amide bonds. The van der Waals surface area contributed by atoms with Gasteiger partial charge in [0.05, 0.1) is 12.2 Å². The molecular weight excluding hydrogens is 272 g/mol. The Labute approximate surface area is 124 Å². The summed E-state index contributed by atoms with van der Waals surface area (Å²) in [6, 6.07) is -0.463. The van der Waals surface area contributed by atoms with Crippen molar-refractivity contribution in [1.29, 1.82) is 0 Å². The zero-order valence-electron chi connectivity index (χ0n) is 12.7. The van der Waals surface area contributed by atoms with Gasteiger partial charge in [-0.2, -0.15) is 5.10 Å². The Bertz CT molecular complexity index is 445. The lowest BCUT2D eigenvalue weighted by atomic mass is 9.94. The number of nitrogens with one attached hydrogen (secondary N) is 3. The summed E-state index contributed by atoms with van der Waals surface area (Å²) in [6.07, 6.45) is 4.20. The third-order valence-electron chi connectivity index (χ3n) is 3.19. The highest BCUT2D eigenvalue weighted by atomic mass is 16.4. The third-order valence-corrected chi connectivity index (χ3v) is 3.19. The molecule has 0 fully saturated rings. The number of carboxylic acid groups (broad SMARTS) is 1. The van der Waals surface area contributed by atoms with E-state index in [4.69, 9.17) is 5.11 Å². The fourth-order valence-corrected chi connectivity index (χ4v) is 2.22. The second-order valence-electron chi connectivity index (χ2n) is 5.70. The monoisotopic (exact) mass is 296 g/mol. The van der Waals surface area contributed by atoms with E-state index in [1.165, 1.54) is 0 Å². The SMILES string of the molecule is CC(C)CC(CNC(=O)NC(C)c1cn[nH]c1)CC(=O)O. The normalized spacial score (nSPS) is 13.7. The molecule has 0 aliphatic rings. The van der Waals surface area contributed by atoms with Crippen molar-refractivity contribution in [2.75, 3.05) is 6.54 Å². The number of hydrogen-bond donors (Lipinski definition) is 4. The quantitative estimate of drug-likeness (QED) is 0.587. The number of amides is 2. The molecule has 0 aliphatic heterocycles. The van der Waals surface area contributed by atoms with Gasteiger partial charge in [0, 0.05) is 24.7 Å². The first kappa shape index (κ1) is 17.0. The summed E-state index contributed by atoms with van der Waals surface area (Å²) in [6.45, 7) is 6.29. The molecule has 0 spiro atoms. The van der Waals surface area contributed by atoms with Crippen LogP contribution in [0.15, 0.2) is 12.4 Å². The summed E-state index contributed by atoms with van der Waals surface area (Å²) < 4.78 is 0. The number of rotatable bonds is 8. The van der Waals surface area contributed by atoms with E-state index in [-0.39, 0.29) is 24.4 Å². The van der Waals surface area contributed by atoms with Crippen LogP contribution in [0.4, 0.5) is 4.79 Å². The predicted octanol–water partition coefficient (Wildman–Crippen LogP) is 1.91. The maximum atomic E-state index is 11.8. The summed E-state index contributed by atoms with van der Waals surface area (Å²) in [5.74, 6) is -0.504. The summed E-state index contributed by atoms with van der Waals surface area (Å²) >= 11 is 0. The minimum atomic E-state index is -0.838. The van der Waals surface area contributed by atoms with E-state index in [2.05, 4.69) is 20.8 Å². The number of nitrogens with zero attached hydrogens (tertiary/aromatic N) is 1. The Morgan fingerprint density at radius 2 is 2.10 bits per heavy atom. The summed E-state index contributed by atoms with van der Waals surface area (Å²) in [7, 11) is 0. The minimum Gasteiger partial charge on any atom is -0.481 e. The number of carbonyl (C=O) groups excluding carboxylic acids is 1. The van der Waals surface area contributed by atoms with Gasteiger partial charge in [0.25, 0.3) is 0 Å². The van der Waals surface area contributed by atoms with Crippen molar-refractivity contribution >= 4 is 12.0 Å². The molecule has 0 aliphatic carbocycles. The lowest BCUT2D eigenvalue weighted by Crippen LogP contribution is -2.40. The van der Waals surface area contributed by atoms with E-state index < -0.39 is 5.97 Å². The first-order chi connectivity index (χ1) is 9.88. The molecule has 1 heterocycles. The van der Waals surface area contributed by atoms with Crippen LogP contribution in [-0.2, 0) is 4.79 Å². The van der Waals surface area contributed by atoms with Gasteiger partial charge < -0.3 is 15.7 Å². The Kier molecular flexibility index (Phi) is 6.71. The maximum absolute atomic E-state index is 11.8. The van der Waals surface area contributed by atoms with Gasteiger partial charge in [0.1, 0.15) is 0 Å². The van der Waals surface area contributed by atoms with E-state index in [0.29, 0.717) is 12.5 Å². The maximum Gasteiger partial charge on any atom is 0.315 e. The number of H-pyrrole nitrogens is 1. The van der Waals surface area contributed by atoms with Crippen LogP contribution in [0.25, 0.3) is 0 Å². The van der Waals surface area contributed by atoms with Crippen molar-refractivity contribution in [1.82, 2.24) is 20.8 Å². The Morgan fingerprint density at radius 1 is 1.38 bits per heavy atom. The van der Waals surface area contributed by atoms with Crippen LogP contribution in [0.3, 0.4) is 0 Å². The molecule has 7 heteroatoms. The zero-order chi connectivity index (χ0) is 15.8. The fourth-order valence-electron chi connectivity index (χ4n) is 2.22. The molecule has 2 unspecified atom stereocenters. The standard InChI is InChI=1S/C14H24N4O3/c1-9(2)4-11(5-13(19)20)6-15-14(21)18-10(3)12-7-16-17-8-12/h7-11H,4-6H2,1-3H3,(H,16,17)(H,19,20)(H2,15,18,21). The average Bonchev–Trinajstić information content (AvgIpc) is 2.88. The van der Waals surface area contributed by atoms with Crippen LogP contribution in [0, 0.1) is 11.8 Å². The van der Waals surface area contributed by atoms with Crippen molar-refractivity contribution in [3.8, 4) is 0 Å². The Balaban J connectivity index is 2.40. The molecular formula is C14H24N4O3. The van der Waals surface area contributed by atoms with E-state index >= 15 is 0 Å². The molecule has 0 aromatic carbocycles. The molecule has 1 aromatic rings. The van der Waals surface area contributed by atoms with E-state index in [1.807, 2.05) is 20.8 Å². The van der Waals surface area contributed by atoms with Crippen molar-refractivity contribution < 1.29 is 14.7 Å². The zero-order valence-corrected chi connectivity index (χ0v) is 12.7. The van der Waals surface area contributed by atoms with Gasteiger partial charge in [0.15, 0.2) is 0 Å². The molecule has 7 nitrogen and oxygen atoms in total. The second kappa shape index (κ2) is 8.28. The fraction of sp³-hybridized carbons (Fsp3) is 0.643. The van der Waals surface area contributed by atoms with E-state index in [0.717, 1.165) is 12.0 Å². The molecule has 4 N–H and O–H groups in total. The largest absolute Gasteiger partial charge is 0.481 e. The number of hydrogen-bond acceptors (Lipinski definition) is 3. The van der Waals surface area contributed by atoms with Gasteiger partial charge in [-0.1, -0.05) is 13.8 Å². The molecule has 0 radical (unpaired) electrons. The first-order valence-electron chi connectivity index (χ1n) is 7.13. The van der Waals surface area contributed by atoms with Gasteiger partial charge in [0.2, 0.25) is 0 Å². The second-order valence-corrected chi connectivity index (χ2v) is 5.70. The lowest BCUT2D eigenvalue weighted by molar-refractivity contribution is -0.138. The third kappa shape index (κ3) is 6.78. The molecule has 0 saturated heterocycles. The predicted molar refractivity (Wildman–Crippen MR) is 78.7 cm³/mol. The number of aromatic nitrogens is 2. The van der Waals surface area contributed by atoms with Crippen LogP contribution < -0.4 is 10.6 Å². The number of urea groups is 1. The van der Waals surface area contributed by atoms with Gasteiger partial charge >= 0.3 is 12.0 Å². The molecule has 0 saturated carbocycles. The van der Waals surface area contributed by atoms with Crippen molar-refractivity contribution in [2.45, 2.75) is 39.7 Å². The van der Waals surface area contributed by atoms with Crippen LogP contribution in [-0.4, -0.2) is 33.8 Å². The number of aliphatic carboxylic acids is 1.